The second kappa shape index (κ2) is 3.27. The number of phenolic OH excluding ortho intramolecular Hbond substituents is 1. The molecule has 0 aliphatic rings. The summed E-state index contributed by atoms with van der Waals surface area (Å²) >= 11 is 0. The highest BCUT2D eigenvalue weighted by Gasteiger charge is 2.12. The Hall–Kier alpha value is -2.04. The summed E-state index contributed by atoms with van der Waals surface area (Å²) in [5.41, 5.74) is 6.79. The van der Waals surface area contributed by atoms with Gasteiger partial charge < -0.3 is 10.8 Å². The number of nitrogen functional groups attached to an aromatic ring is 1. The van der Waals surface area contributed by atoms with Crippen molar-refractivity contribution in [3.63, 3.8) is 0 Å². The van der Waals surface area contributed by atoms with E-state index >= 15 is 0 Å². The fraction of sp³-hybridized carbons (Fsp3) is 0.100. The summed E-state index contributed by atoms with van der Waals surface area (Å²) in [6, 6.07) is 2.60. The van der Waals surface area contributed by atoms with Crippen molar-refractivity contribution in [3.05, 3.63) is 29.7 Å². The molecule has 0 saturated carbocycles. The van der Waals surface area contributed by atoms with Crippen LogP contribution in [0.4, 0.5) is 10.2 Å². The van der Waals surface area contributed by atoms with E-state index in [9.17, 15) is 9.50 Å². The van der Waals surface area contributed by atoms with Crippen LogP contribution in [-0.2, 0) is 0 Å². The largest absolute Gasteiger partial charge is 0.507 e. The van der Waals surface area contributed by atoms with Crippen molar-refractivity contribution in [3.8, 4) is 16.9 Å². The first-order valence-electron chi connectivity index (χ1n) is 4.38. The number of aromatic nitrogens is 2. The molecule has 5 heteroatoms. The molecule has 0 bridgehead atoms. The molecule has 0 amide bonds. The van der Waals surface area contributed by atoms with Crippen molar-refractivity contribution in [2.45, 2.75) is 6.92 Å². The number of nitrogens with zero attached hydrogens (tertiary/aromatic N) is 1. The molecular weight excluding hydrogens is 197 g/mol. The van der Waals surface area contributed by atoms with E-state index in [1.165, 1.54) is 18.3 Å². The molecule has 0 atom stereocenters. The molecule has 0 unspecified atom stereocenters. The van der Waals surface area contributed by atoms with Gasteiger partial charge in [-0.3, -0.25) is 5.10 Å². The number of anilines is 1. The molecule has 2 aromatic rings. The van der Waals surface area contributed by atoms with Crippen LogP contribution in [0.2, 0.25) is 0 Å². The summed E-state index contributed by atoms with van der Waals surface area (Å²) in [4.78, 5) is 0. The minimum Gasteiger partial charge on any atom is -0.507 e. The van der Waals surface area contributed by atoms with Gasteiger partial charge in [0.25, 0.3) is 0 Å². The lowest BCUT2D eigenvalue weighted by molar-refractivity contribution is 0.474. The van der Waals surface area contributed by atoms with E-state index < -0.39 is 0 Å². The van der Waals surface area contributed by atoms with Crippen molar-refractivity contribution < 1.29 is 9.50 Å². The third-order valence-electron chi connectivity index (χ3n) is 2.24. The number of phenols is 1. The number of halogens is 1. The van der Waals surface area contributed by atoms with Gasteiger partial charge in [0.05, 0.1) is 6.20 Å². The van der Waals surface area contributed by atoms with Gasteiger partial charge in [0.2, 0.25) is 0 Å². The summed E-state index contributed by atoms with van der Waals surface area (Å²) in [6.45, 7) is 1.58. The molecule has 4 nitrogen and oxygen atoms in total. The van der Waals surface area contributed by atoms with E-state index in [0.29, 0.717) is 22.5 Å². The SMILES string of the molecule is Cc1cc(O)c(-c2cn[nH]c2N)cc1F. The van der Waals surface area contributed by atoms with Crippen LogP contribution >= 0.6 is 0 Å². The third-order valence-corrected chi connectivity index (χ3v) is 2.24. The maximum absolute atomic E-state index is 13.3. The molecular formula is C10H10FN3O. The Morgan fingerprint density at radius 3 is 2.73 bits per heavy atom. The average molecular weight is 207 g/mol. The van der Waals surface area contributed by atoms with E-state index in [1.807, 2.05) is 0 Å². The molecule has 1 aromatic carbocycles. The summed E-state index contributed by atoms with van der Waals surface area (Å²) in [5.74, 6) is -0.0982. The number of hydrogen-bond donors (Lipinski definition) is 3. The van der Waals surface area contributed by atoms with E-state index in [2.05, 4.69) is 10.2 Å². The normalized spacial score (nSPS) is 10.5. The van der Waals surface area contributed by atoms with Crippen molar-refractivity contribution >= 4 is 5.82 Å². The molecule has 1 heterocycles. The highest BCUT2D eigenvalue weighted by molar-refractivity contribution is 5.77. The Balaban J connectivity index is 2.64. The van der Waals surface area contributed by atoms with Crippen LogP contribution < -0.4 is 5.73 Å². The monoisotopic (exact) mass is 207 g/mol. The van der Waals surface area contributed by atoms with Gasteiger partial charge in [-0.15, -0.1) is 0 Å². The van der Waals surface area contributed by atoms with Gasteiger partial charge in [0, 0.05) is 11.1 Å². The zero-order valence-electron chi connectivity index (χ0n) is 8.08. The number of aromatic hydroxyl groups is 1. The van der Waals surface area contributed by atoms with E-state index in [4.69, 9.17) is 5.73 Å². The number of hydrogen-bond acceptors (Lipinski definition) is 3. The fourth-order valence-electron chi connectivity index (χ4n) is 1.39. The molecule has 0 radical (unpaired) electrons. The predicted octanol–water partition coefficient (Wildman–Crippen LogP) is 1.81. The van der Waals surface area contributed by atoms with Crippen LogP contribution in [0.25, 0.3) is 11.1 Å². The lowest BCUT2D eigenvalue weighted by Gasteiger charge is -2.05. The lowest BCUT2D eigenvalue weighted by atomic mass is 10.0. The smallest absolute Gasteiger partial charge is 0.127 e. The highest BCUT2D eigenvalue weighted by Crippen LogP contribution is 2.33. The maximum Gasteiger partial charge on any atom is 0.127 e. The summed E-state index contributed by atoms with van der Waals surface area (Å²) in [7, 11) is 0. The number of benzene rings is 1. The zero-order chi connectivity index (χ0) is 11.0. The Kier molecular flexibility index (Phi) is 2.07. The Morgan fingerprint density at radius 2 is 2.13 bits per heavy atom. The molecule has 0 aliphatic carbocycles. The lowest BCUT2D eigenvalue weighted by Crippen LogP contribution is -1.90. The Labute approximate surface area is 85.6 Å². The van der Waals surface area contributed by atoms with Crippen LogP contribution in [0.5, 0.6) is 5.75 Å². The van der Waals surface area contributed by atoms with Gasteiger partial charge in [0.15, 0.2) is 0 Å². The van der Waals surface area contributed by atoms with Gasteiger partial charge in [0.1, 0.15) is 17.4 Å². The third kappa shape index (κ3) is 1.52. The number of H-pyrrole nitrogens is 1. The van der Waals surface area contributed by atoms with Crippen LogP contribution in [0.3, 0.4) is 0 Å². The van der Waals surface area contributed by atoms with E-state index in [1.54, 1.807) is 6.92 Å². The molecule has 15 heavy (non-hydrogen) atoms. The molecule has 78 valence electrons. The molecule has 0 aliphatic heterocycles. The first kappa shape index (κ1) is 9.51. The molecule has 2 rings (SSSR count). The van der Waals surface area contributed by atoms with Gasteiger partial charge in [-0.25, -0.2) is 4.39 Å². The summed E-state index contributed by atoms with van der Waals surface area (Å²) in [6.07, 6.45) is 1.44. The van der Waals surface area contributed by atoms with Crippen LogP contribution in [0.1, 0.15) is 5.56 Å². The molecule has 0 spiro atoms. The fourth-order valence-corrected chi connectivity index (χ4v) is 1.39. The molecule has 4 N–H and O–H groups in total. The van der Waals surface area contributed by atoms with E-state index in [-0.39, 0.29) is 11.6 Å². The van der Waals surface area contributed by atoms with Crippen LogP contribution in [0.15, 0.2) is 18.3 Å². The number of rotatable bonds is 1. The van der Waals surface area contributed by atoms with Gasteiger partial charge >= 0.3 is 0 Å². The molecule has 0 saturated heterocycles. The molecule has 1 aromatic heterocycles. The molecule has 0 fully saturated rings. The highest BCUT2D eigenvalue weighted by atomic mass is 19.1. The topological polar surface area (TPSA) is 74.9 Å². The van der Waals surface area contributed by atoms with Crippen molar-refractivity contribution in [2.75, 3.05) is 5.73 Å². The number of aryl methyl sites for hydroxylation is 1. The second-order valence-corrected chi connectivity index (χ2v) is 3.32. The van der Waals surface area contributed by atoms with Crippen molar-refractivity contribution in [1.82, 2.24) is 10.2 Å². The first-order chi connectivity index (χ1) is 7.09. The predicted molar refractivity (Wildman–Crippen MR) is 54.8 cm³/mol. The average Bonchev–Trinajstić information content (AvgIpc) is 2.58. The number of nitrogens with one attached hydrogen (secondary N) is 1. The maximum atomic E-state index is 13.3. The zero-order valence-corrected chi connectivity index (χ0v) is 8.08. The van der Waals surface area contributed by atoms with Crippen molar-refractivity contribution in [1.29, 1.82) is 0 Å². The van der Waals surface area contributed by atoms with Gasteiger partial charge in [-0.05, 0) is 24.6 Å². The Morgan fingerprint density at radius 1 is 1.40 bits per heavy atom. The summed E-state index contributed by atoms with van der Waals surface area (Å²) < 4.78 is 13.3. The van der Waals surface area contributed by atoms with Gasteiger partial charge in [-0.1, -0.05) is 0 Å². The minimum atomic E-state index is -0.386. The number of nitrogens with two attached hydrogens (primary N) is 1. The van der Waals surface area contributed by atoms with Crippen molar-refractivity contribution in [2.24, 2.45) is 0 Å². The van der Waals surface area contributed by atoms with Crippen LogP contribution in [0, 0.1) is 12.7 Å². The number of aromatic amines is 1. The first-order valence-corrected chi connectivity index (χ1v) is 4.38. The standard InChI is InChI=1S/C10H10FN3O/c1-5-2-9(15)6(3-8(5)11)7-4-13-14-10(7)12/h2-4,15H,1H3,(H3,12,13,14). The van der Waals surface area contributed by atoms with E-state index in [0.717, 1.165) is 0 Å². The van der Waals surface area contributed by atoms with Crippen LogP contribution in [-0.4, -0.2) is 15.3 Å². The Bertz CT molecular complexity index is 507. The quantitative estimate of drug-likeness (QED) is 0.667. The van der Waals surface area contributed by atoms with Gasteiger partial charge in [-0.2, -0.15) is 5.10 Å². The summed E-state index contributed by atoms with van der Waals surface area (Å²) in [5, 5.41) is 15.9. The minimum absolute atomic E-state index is 0.0120. The second-order valence-electron chi connectivity index (χ2n) is 3.32.